The molecule has 3 aromatic heterocycles. The summed E-state index contributed by atoms with van der Waals surface area (Å²) in [5.74, 6) is -1.19. The van der Waals surface area contributed by atoms with Crippen molar-refractivity contribution in [3.8, 4) is 0 Å². The number of carbonyl (C=O) groups is 3. The van der Waals surface area contributed by atoms with E-state index >= 15 is 0 Å². The first kappa shape index (κ1) is 21.9. The third kappa shape index (κ3) is 4.69. The lowest BCUT2D eigenvalue weighted by Crippen LogP contribution is -2.14. The highest BCUT2D eigenvalue weighted by Crippen LogP contribution is 2.34. The molecule has 12 heteroatoms. The van der Waals surface area contributed by atoms with E-state index in [4.69, 9.17) is 9.15 Å². The monoisotopic (exact) mass is 446 g/mol. The Morgan fingerprint density at radius 1 is 1.35 bits per heavy atom. The summed E-state index contributed by atoms with van der Waals surface area (Å²) in [7, 11) is 0. The van der Waals surface area contributed by atoms with Crippen LogP contribution in [-0.2, 0) is 11.3 Å². The molecule has 1 N–H and O–H groups in total. The van der Waals surface area contributed by atoms with Gasteiger partial charge in [0.1, 0.15) is 23.2 Å². The Labute approximate surface area is 179 Å². The number of Topliss-reactive ketones (excluding diaryl/α,β-unsaturated/α-hetero) is 1. The van der Waals surface area contributed by atoms with Gasteiger partial charge in [0.25, 0.3) is 5.91 Å². The van der Waals surface area contributed by atoms with Crippen LogP contribution in [0.5, 0.6) is 0 Å². The summed E-state index contributed by atoms with van der Waals surface area (Å²) in [4.78, 5) is 47.4. The number of hydrogen-bond acceptors (Lipinski definition) is 9. The lowest BCUT2D eigenvalue weighted by Gasteiger charge is -2.06. The third-order valence-corrected chi connectivity index (χ3v) is 5.51. The summed E-state index contributed by atoms with van der Waals surface area (Å²) < 4.78 is 11.9. The van der Waals surface area contributed by atoms with Crippen LogP contribution in [0.2, 0.25) is 0 Å². The maximum Gasteiger partial charge on any atom is 0.341 e. The number of furan rings is 1. The normalized spacial score (nSPS) is 10.7. The number of thiophene rings is 1. The predicted octanol–water partition coefficient (Wildman–Crippen LogP) is 3.43. The SMILES string of the molecule is CCOC(=O)c1c(NC(=O)c2ccc(Cn3cc([N+](=O)[O-])cn3)o2)sc(C(C)=O)c1C. The largest absolute Gasteiger partial charge is 0.462 e. The molecule has 0 atom stereocenters. The molecule has 1 amide bonds. The number of hydrogen-bond donors (Lipinski definition) is 1. The van der Waals surface area contributed by atoms with Gasteiger partial charge in [0.2, 0.25) is 0 Å². The molecule has 3 rings (SSSR count). The molecule has 0 aromatic carbocycles. The van der Waals surface area contributed by atoms with Gasteiger partial charge in [-0.3, -0.25) is 24.4 Å². The van der Waals surface area contributed by atoms with E-state index in [9.17, 15) is 24.5 Å². The molecule has 0 unspecified atom stereocenters. The Balaban J connectivity index is 1.80. The molecule has 162 valence electrons. The lowest BCUT2D eigenvalue weighted by atomic mass is 10.1. The number of rotatable bonds is 8. The number of ketones is 1. The van der Waals surface area contributed by atoms with Crippen LogP contribution < -0.4 is 5.32 Å². The fourth-order valence-corrected chi connectivity index (χ4v) is 3.91. The van der Waals surface area contributed by atoms with Crippen molar-refractivity contribution in [2.24, 2.45) is 0 Å². The highest BCUT2D eigenvalue weighted by atomic mass is 32.1. The maximum absolute atomic E-state index is 12.6. The van der Waals surface area contributed by atoms with E-state index in [1.165, 1.54) is 29.9 Å². The molecule has 0 aliphatic carbocycles. The smallest absolute Gasteiger partial charge is 0.341 e. The molecule has 0 aliphatic rings. The number of nitrogens with zero attached hydrogens (tertiary/aromatic N) is 3. The fourth-order valence-electron chi connectivity index (χ4n) is 2.83. The molecule has 31 heavy (non-hydrogen) atoms. The molecule has 3 aromatic rings. The van der Waals surface area contributed by atoms with Crippen molar-refractivity contribution in [2.75, 3.05) is 11.9 Å². The van der Waals surface area contributed by atoms with Crippen molar-refractivity contribution in [3.05, 3.63) is 62.2 Å². The number of nitrogens with one attached hydrogen (secondary N) is 1. The van der Waals surface area contributed by atoms with Gasteiger partial charge >= 0.3 is 11.7 Å². The number of carbonyl (C=O) groups excluding carboxylic acids is 3. The number of esters is 1. The highest BCUT2D eigenvalue weighted by Gasteiger charge is 2.26. The maximum atomic E-state index is 12.6. The van der Waals surface area contributed by atoms with Crippen LogP contribution in [0.1, 0.15) is 55.8 Å². The molecular formula is C19H18N4O7S. The Morgan fingerprint density at radius 3 is 2.71 bits per heavy atom. The second kappa shape index (κ2) is 8.92. The molecule has 0 fully saturated rings. The molecule has 0 aliphatic heterocycles. The summed E-state index contributed by atoms with van der Waals surface area (Å²) in [5, 5.41) is 17.4. The number of anilines is 1. The van der Waals surface area contributed by atoms with Crippen molar-refractivity contribution < 1.29 is 28.5 Å². The predicted molar refractivity (Wildman–Crippen MR) is 110 cm³/mol. The molecule has 0 saturated heterocycles. The van der Waals surface area contributed by atoms with Crippen LogP contribution in [0.25, 0.3) is 0 Å². The van der Waals surface area contributed by atoms with Gasteiger partial charge in [-0.25, -0.2) is 4.79 Å². The Kier molecular flexibility index (Phi) is 6.30. The van der Waals surface area contributed by atoms with Gasteiger partial charge in [-0.05, 0) is 38.5 Å². The van der Waals surface area contributed by atoms with Gasteiger partial charge in [-0.1, -0.05) is 0 Å². The first-order chi connectivity index (χ1) is 14.7. The molecule has 0 saturated carbocycles. The van der Waals surface area contributed by atoms with Crippen molar-refractivity contribution in [3.63, 3.8) is 0 Å². The fraction of sp³-hybridized carbons (Fsp3) is 0.263. The van der Waals surface area contributed by atoms with E-state index in [1.807, 2.05) is 0 Å². The second-order valence-electron chi connectivity index (χ2n) is 6.41. The first-order valence-electron chi connectivity index (χ1n) is 9.09. The van der Waals surface area contributed by atoms with Crippen LogP contribution >= 0.6 is 11.3 Å². The highest BCUT2D eigenvalue weighted by molar-refractivity contribution is 7.18. The van der Waals surface area contributed by atoms with E-state index < -0.39 is 16.8 Å². The third-order valence-electron chi connectivity index (χ3n) is 4.21. The van der Waals surface area contributed by atoms with Crippen molar-refractivity contribution >= 4 is 39.7 Å². The topological polar surface area (TPSA) is 147 Å². The van der Waals surface area contributed by atoms with Crippen molar-refractivity contribution in [1.29, 1.82) is 0 Å². The minimum atomic E-state index is -0.639. The van der Waals surface area contributed by atoms with Gasteiger partial charge in [-0.15, -0.1) is 11.3 Å². The first-order valence-corrected chi connectivity index (χ1v) is 9.91. The Morgan fingerprint density at radius 2 is 2.10 bits per heavy atom. The van der Waals surface area contributed by atoms with E-state index in [1.54, 1.807) is 13.8 Å². The number of ether oxygens (including phenoxy) is 1. The van der Waals surface area contributed by atoms with Crippen LogP contribution in [0.4, 0.5) is 10.7 Å². The van der Waals surface area contributed by atoms with E-state index in [0.29, 0.717) is 16.2 Å². The molecular weight excluding hydrogens is 428 g/mol. The van der Waals surface area contributed by atoms with Crippen LogP contribution in [0.3, 0.4) is 0 Å². The van der Waals surface area contributed by atoms with Gasteiger partial charge in [-0.2, -0.15) is 5.10 Å². The molecule has 3 heterocycles. The summed E-state index contributed by atoms with van der Waals surface area (Å²) in [6.07, 6.45) is 2.35. The average Bonchev–Trinajstić information content (AvgIpc) is 3.41. The van der Waals surface area contributed by atoms with Crippen molar-refractivity contribution in [1.82, 2.24) is 9.78 Å². The molecule has 0 spiro atoms. The van der Waals surface area contributed by atoms with Crippen LogP contribution in [0, 0.1) is 17.0 Å². The Bertz CT molecular complexity index is 1170. The minimum absolute atomic E-state index is 0.0399. The van der Waals surface area contributed by atoms with Crippen LogP contribution in [0.15, 0.2) is 28.9 Å². The van der Waals surface area contributed by atoms with Crippen molar-refractivity contribution in [2.45, 2.75) is 27.3 Å². The number of aromatic nitrogens is 2. The summed E-state index contributed by atoms with van der Waals surface area (Å²) in [6, 6.07) is 2.97. The molecule has 0 radical (unpaired) electrons. The van der Waals surface area contributed by atoms with Gasteiger partial charge in [0, 0.05) is 0 Å². The zero-order valence-electron chi connectivity index (χ0n) is 16.8. The van der Waals surface area contributed by atoms with E-state index in [2.05, 4.69) is 10.4 Å². The lowest BCUT2D eigenvalue weighted by molar-refractivity contribution is -0.385. The zero-order chi connectivity index (χ0) is 22.7. The van der Waals surface area contributed by atoms with E-state index in [0.717, 1.165) is 17.5 Å². The second-order valence-corrected chi connectivity index (χ2v) is 7.43. The van der Waals surface area contributed by atoms with Gasteiger partial charge in [0.15, 0.2) is 11.5 Å². The molecule has 0 bridgehead atoms. The van der Waals surface area contributed by atoms with Crippen LogP contribution in [-0.4, -0.2) is 39.0 Å². The molecule has 11 nitrogen and oxygen atoms in total. The summed E-state index contributed by atoms with van der Waals surface area (Å²) in [5.41, 5.74) is 0.401. The summed E-state index contributed by atoms with van der Waals surface area (Å²) >= 11 is 0.984. The Hall–Kier alpha value is -3.80. The zero-order valence-corrected chi connectivity index (χ0v) is 17.6. The average molecular weight is 446 g/mol. The number of amides is 1. The quantitative estimate of drug-likeness (QED) is 0.240. The standard InChI is InChI=1S/C19H18N4O7S/c1-4-29-19(26)15-10(2)16(11(3)24)31-18(15)21-17(25)14-6-5-13(30-14)9-22-8-12(7-20-22)23(27)28/h5-8H,4,9H2,1-3H3,(H,21,25). The van der Waals surface area contributed by atoms with Gasteiger partial charge in [0.05, 0.1) is 28.5 Å². The minimum Gasteiger partial charge on any atom is -0.462 e. The summed E-state index contributed by atoms with van der Waals surface area (Å²) in [6.45, 7) is 4.87. The number of nitro groups is 1. The van der Waals surface area contributed by atoms with E-state index in [-0.39, 0.29) is 40.9 Å². The van der Waals surface area contributed by atoms with Gasteiger partial charge < -0.3 is 14.5 Å².